The molecule has 20 heavy (non-hydrogen) atoms. The zero-order valence-corrected chi connectivity index (χ0v) is 12.3. The lowest BCUT2D eigenvalue weighted by molar-refractivity contribution is 0.354. The van der Waals surface area contributed by atoms with Crippen molar-refractivity contribution in [2.45, 2.75) is 45.2 Å². The second kappa shape index (κ2) is 5.83. The minimum atomic E-state index is 0.454. The molecule has 2 atom stereocenters. The van der Waals surface area contributed by atoms with E-state index in [0.29, 0.717) is 12.1 Å². The Morgan fingerprint density at radius 2 is 2.25 bits per heavy atom. The van der Waals surface area contributed by atoms with Gasteiger partial charge in [0.15, 0.2) is 5.58 Å². The topological polar surface area (TPSA) is 41.3 Å². The van der Waals surface area contributed by atoms with Crippen LogP contribution in [0, 0.1) is 0 Å². The fourth-order valence-corrected chi connectivity index (χ4v) is 3.16. The summed E-state index contributed by atoms with van der Waals surface area (Å²) in [6.45, 7) is 6.45. The maximum atomic E-state index is 5.95. The summed E-state index contributed by atoms with van der Waals surface area (Å²) in [7, 11) is 0. The molecule has 1 aromatic carbocycles. The number of anilines is 1. The van der Waals surface area contributed by atoms with Crippen LogP contribution in [0.15, 0.2) is 28.7 Å². The van der Waals surface area contributed by atoms with Crippen molar-refractivity contribution >= 4 is 17.1 Å². The van der Waals surface area contributed by atoms with Crippen LogP contribution in [0.25, 0.3) is 11.1 Å². The van der Waals surface area contributed by atoms with Crippen LogP contribution in [-0.4, -0.2) is 30.2 Å². The normalized spacial score (nSPS) is 21.3. The first-order chi connectivity index (χ1) is 9.79. The van der Waals surface area contributed by atoms with Gasteiger partial charge in [-0.15, -0.1) is 0 Å². The molecule has 2 aromatic rings. The highest BCUT2D eigenvalue weighted by molar-refractivity contribution is 5.74. The first-order valence-electron chi connectivity index (χ1n) is 7.65. The van der Waals surface area contributed by atoms with Crippen LogP contribution in [0.2, 0.25) is 0 Å². The number of oxazole rings is 1. The quantitative estimate of drug-likeness (QED) is 0.929. The molecule has 1 aliphatic rings. The summed E-state index contributed by atoms with van der Waals surface area (Å²) >= 11 is 0. The van der Waals surface area contributed by atoms with Crippen molar-refractivity contribution in [3.05, 3.63) is 24.3 Å². The van der Waals surface area contributed by atoms with Crippen LogP contribution in [0.5, 0.6) is 0 Å². The standard InChI is InChI=1S/C16H23N3O/c1-3-17-12(2)14-9-6-7-11-19(14)16-18-13-8-4-5-10-15(13)20-16/h4-5,8,10,12,14,17H,3,6-7,9,11H2,1-2H3. The highest BCUT2D eigenvalue weighted by Crippen LogP contribution is 2.28. The van der Waals surface area contributed by atoms with Crippen LogP contribution in [-0.2, 0) is 0 Å². The van der Waals surface area contributed by atoms with Gasteiger partial charge in [-0.1, -0.05) is 19.1 Å². The van der Waals surface area contributed by atoms with Gasteiger partial charge >= 0.3 is 0 Å². The van der Waals surface area contributed by atoms with Gasteiger partial charge in [0.2, 0.25) is 0 Å². The highest BCUT2D eigenvalue weighted by atomic mass is 16.4. The Morgan fingerprint density at radius 3 is 3.05 bits per heavy atom. The van der Waals surface area contributed by atoms with E-state index in [1.807, 2.05) is 24.3 Å². The Morgan fingerprint density at radius 1 is 1.40 bits per heavy atom. The SMILES string of the molecule is CCNC(C)C1CCCCN1c1nc2ccccc2o1. The van der Waals surface area contributed by atoms with Crippen molar-refractivity contribution in [3.63, 3.8) is 0 Å². The number of aromatic nitrogens is 1. The van der Waals surface area contributed by atoms with E-state index in [2.05, 4.69) is 29.0 Å². The molecule has 1 fully saturated rings. The van der Waals surface area contributed by atoms with Crippen LogP contribution >= 0.6 is 0 Å². The van der Waals surface area contributed by atoms with Crippen LogP contribution in [0.4, 0.5) is 6.01 Å². The van der Waals surface area contributed by atoms with E-state index < -0.39 is 0 Å². The van der Waals surface area contributed by atoms with E-state index in [0.717, 1.165) is 30.2 Å². The van der Waals surface area contributed by atoms with Gasteiger partial charge in [0.05, 0.1) is 0 Å². The Kier molecular flexibility index (Phi) is 3.92. The zero-order chi connectivity index (χ0) is 13.9. The van der Waals surface area contributed by atoms with Gasteiger partial charge in [0.25, 0.3) is 6.01 Å². The molecule has 0 aliphatic carbocycles. The van der Waals surface area contributed by atoms with E-state index in [1.54, 1.807) is 0 Å². The number of para-hydroxylation sites is 2. The van der Waals surface area contributed by atoms with Crippen LogP contribution in [0.1, 0.15) is 33.1 Å². The van der Waals surface area contributed by atoms with Gasteiger partial charge in [-0.25, -0.2) is 0 Å². The zero-order valence-electron chi connectivity index (χ0n) is 12.3. The molecule has 1 aliphatic heterocycles. The summed E-state index contributed by atoms with van der Waals surface area (Å²) in [6, 6.07) is 9.69. The molecule has 0 radical (unpaired) electrons. The molecule has 0 bridgehead atoms. The Labute approximate surface area is 120 Å². The number of fused-ring (bicyclic) bond motifs is 1. The predicted molar refractivity (Wildman–Crippen MR) is 82.1 cm³/mol. The van der Waals surface area contributed by atoms with Gasteiger partial charge in [0.1, 0.15) is 5.52 Å². The molecular formula is C16H23N3O. The number of hydrogen-bond acceptors (Lipinski definition) is 4. The average Bonchev–Trinajstić information content (AvgIpc) is 2.91. The molecule has 1 N–H and O–H groups in total. The number of benzene rings is 1. The monoisotopic (exact) mass is 273 g/mol. The van der Waals surface area contributed by atoms with E-state index in [9.17, 15) is 0 Å². The van der Waals surface area contributed by atoms with Crippen molar-refractivity contribution in [2.75, 3.05) is 18.0 Å². The van der Waals surface area contributed by atoms with Crippen LogP contribution in [0.3, 0.4) is 0 Å². The van der Waals surface area contributed by atoms with E-state index >= 15 is 0 Å². The number of nitrogens with zero attached hydrogens (tertiary/aromatic N) is 2. The third-order valence-corrected chi connectivity index (χ3v) is 4.18. The molecule has 2 heterocycles. The van der Waals surface area contributed by atoms with Gasteiger partial charge in [-0.05, 0) is 44.9 Å². The molecule has 4 heteroatoms. The summed E-state index contributed by atoms with van der Waals surface area (Å²) in [4.78, 5) is 7.00. The van der Waals surface area contributed by atoms with Crippen molar-refractivity contribution in [2.24, 2.45) is 0 Å². The highest BCUT2D eigenvalue weighted by Gasteiger charge is 2.30. The van der Waals surface area contributed by atoms with E-state index in [-0.39, 0.29) is 0 Å². The summed E-state index contributed by atoms with van der Waals surface area (Å²) in [5.41, 5.74) is 1.82. The fourth-order valence-electron chi connectivity index (χ4n) is 3.16. The summed E-state index contributed by atoms with van der Waals surface area (Å²) in [5, 5.41) is 3.54. The second-order valence-electron chi connectivity index (χ2n) is 5.57. The number of rotatable bonds is 4. The van der Waals surface area contributed by atoms with Crippen molar-refractivity contribution < 1.29 is 4.42 Å². The molecule has 1 saturated heterocycles. The molecular weight excluding hydrogens is 250 g/mol. The van der Waals surface area contributed by atoms with Crippen molar-refractivity contribution in [3.8, 4) is 0 Å². The third kappa shape index (κ3) is 2.52. The lowest BCUT2D eigenvalue weighted by atomic mass is 9.97. The van der Waals surface area contributed by atoms with Gasteiger partial charge in [-0.3, -0.25) is 0 Å². The Balaban J connectivity index is 1.88. The van der Waals surface area contributed by atoms with E-state index in [4.69, 9.17) is 4.42 Å². The summed E-state index contributed by atoms with van der Waals surface area (Å²) < 4.78 is 5.95. The largest absolute Gasteiger partial charge is 0.423 e. The lowest BCUT2D eigenvalue weighted by Crippen LogP contribution is -2.51. The molecule has 0 spiro atoms. The first-order valence-corrected chi connectivity index (χ1v) is 7.65. The number of nitrogens with one attached hydrogen (secondary N) is 1. The average molecular weight is 273 g/mol. The van der Waals surface area contributed by atoms with Gasteiger partial charge < -0.3 is 14.6 Å². The van der Waals surface area contributed by atoms with Crippen molar-refractivity contribution in [1.82, 2.24) is 10.3 Å². The van der Waals surface area contributed by atoms with Crippen molar-refractivity contribution in [1.29, 1.82) is 0 Å². The Bertz CT molecular complexity index is 533. The minimum absolute atomic E-state index is 0.454. The smallest absolute Gasteiger partial charge is 0.298 e. The van der Waals surface area contributed by atoms with E-state index in [1.165, 1.54) is 19.3 Å². The third-order valence-electron chi connectivity index (χ3n) is 4.18. The molecule has 108 valence electrons. The fraction of sp³-hybridized carbons (Fsp3) is 0.562. The van der Waals surface area contributed by atoms with Gasteiger partial charge in [0, 0.05) is 18.6 Å². The molecule has 0 amide bonds. The summed E-state index contributed by atoms with van der Waals surface area (Å²) in [5.74, 6) is 0. The second-order valence-corrected chi connectivity index (χ2v) is 5.57. The Hall–Kier alpha value is -1.55. The molecule has 3 rings (SSSR count). The maximum Gasteiger partial charge on any atom is 0.298 e. The van der Waals surface area contributed by atoms with Crippen LogP contribution < -0.4 is 10.2 Å². The number of hydrogen-bond donors (Lipinski definition) is 1. The molecule has 0 saturated carbocycles. The molecule has 1 aromatic heterocycles. The first kappa shape index (κ1) is 13.4. The number of likely N-dealkylation sites (N-methyl/N-ethyl adjacent to an activating group) is 1. The minimum Gasteiger partial charge on any atom is -0.423 e. The van der Waals surface area contributed by atoms with Gasteiger partial charge in [-0.2, -0.15) is 4.98 Å². The summed E-state index contributed by atoms with van der Waals surface area (Å²) in [6.07, 6.45) is 3.71. The predicted octanol–water partition coefficient (Wildman–Crippen LogP) is 3.18. The molecule has 4 nitrogen and oxygen atoms in total. The maximum absolute atomic E-state index is 5.95. The lowest BCUT2D eigenvalue weighted by Gasteiger charge is -2.38. The molecule has 2 unspecified atom stereocenters. The number of piperidine rings is 1.